The Bertz CT molecular complexity index is 2280. The Morgan fingerprint density at radius 3 is 1.33 bits per heavy atom. The molecule has 2 aromatic heterocycles. The lowest BCUT2D eigenvalue weighted by Gasteiger charge is -2.29. The summed E-state index contributed by atoms with van der Waals surface area (Å²) in [5.41, 5.74) is 7.14. The molecule has 0 spiro atoms. The summed E-state index contributed by atoms with van der Waals surface area (Å²) < 4.78 is 3.94. The van der Waals surface area contributed by atoms with Crippen molar-refractivity contribution < 1.29 is 0 Å². The van der Waals surface area contributed by atoms with Crippen molar-refractivity contribution in [1.82, 2.24) is 19.6 Å². The van der Waals surface area contributed by atoms with E-state index < -0.39 is 0 Å². The average molecular weight is 578 g/mol. The highest BCUT2D eigenvalue weighted by Crippen LogP contribution is 2.44. The molecule has 0 aliphatic carbocycles. The van der Waals surface area contributed by atoms with Crippen LogP contribution >= 0.6 is 0 Å². The van der Waals surface area contributed by atoms with E-state index in [0.717, 1.165) is 50.2 Å². The van der Waals surface area contributed by atoms with Crippen LogP contribution in [0.25, 0.3) is 54.7 Å². The van der Waals surface area contributed by atoms with Crippen molar-refractivity contribution in [2.75, 3.05) is 4.90 Å². The largest absolute Gasteiger partial charge is 0.309 e. The number of benzene rings is 7. The van der Waals surface area contributed by atoms with Crippen LogP contribution in [-0.2, 0) is 0 Å². The van der Waals surface area contributed by atoms with Crippen LogP contribution in [0.4, 0.5) is 17.1 Å². The van der Waals surface area contributed by atoms with E-state index in [9.17, 15) is 0 Å². The van der Waals surface area contributed by atoms with Crippen molar-refractivity contribution in [3.8, 4) is 11.4 Å². The lowest BCUT2D eigenvalue weighted by atomic mass is 9.99. The van der Waals surface area contributed by atoms with Gasteiger partial charge < -0.3 is 4.90 Å². The van der Waals surface area contributed by atoms with Crippen molar-refractivity contribution in [1.29, 1.82) is 0 Å². The number of hydrogen-bond acceptors (Lipinski definition) is 3. The SMILES string of the molecule is c1cc(N(c2cccc(-n3cc4ccccc4n3)c2)c2c3ccccc3cc3ccccc23)cc(-n2cc3ccccc3n2)c1. The minimum atomic E-state index is 0.971. The van der Waals surface area contributed by atoms with Crippen molar-refractivity contribution in [3.05, 3.63) is 164 Å². The van der Waals surface area contributed by atoms with Crippen LogP contribution in [0.3, 0.4) is 0 Å². The first-order valence-electron chi connectivity index (χ1n) is 15.1. The average Bonchev–Trinajstić information content (AvgIpc) is 3.74. The van der Waals surface area contributed by atoms with E-state index in [4.69, 9.17) is 10.2 Å². The third-order valence-electron chi connectivity index (χ3n) is 8.50. The lowest BCUT2D eigenvalue weighted by molar-refractivity contribution is 0.894. The maximum Gasteiger partial charge on any atom is 0.0927 e. The molecular formula is C40H27N5. The molecule has 0 amide bonds. The zero-order chi connectivity index (χ0) is 29.7. The van der Waals surface area contributed by atoms with Gasteiger partial charge in [0.15, 0.2) is 0 Å². The van der Waals surface area contributed by atoms with E-state index in [1.54, 1.807) is 0 Å². The molecule has 0 aliphatic heterocycles. The summed E-state index contributed by atoms with van der Waals surface area (Å²) in [4.78, 5) is 2.38. The van der Waals surface area contributed by atoms with Gasteiger partial charge in [-0.15, -0.1) is 0 Å². The number of anilines is 3. The maximum absolute atomic E-state index is 4.89. The predicted molar refractivity (Wildman–Crippen MR) is 185 cm³/mol. The molecule has 9 rings (SSSR count). The van der Waals surface area contributed by atoms with Crippen LogP contribution < -0.4 is 4.90 Å². The molecule has 5 nitrogen and oxygen atoms in total. The van der Waals surface area contributed by atoms with E-state index in [0.29, 0.717) is 0 Å². The van der Waals surface area contributed by atoms with E-state index in [1.165, 1.54) is 21.5 Å². The van der Waals surface area contributed by atoms with Gasteiger partial charge in [-0.1, -0.05) is 97.1 Å². The molecular weight excluding hydrogens is 550 g/mol. The fraction of sp³-hybridized carbons (Fsp3) is 0. The first-order valence-corrected chi connectivity index (χ1v) is 15.1. The quantitative estimate of drug-likeness (QED) is 0.191. The Hall–Kier alpha value is -6.20. The molecule has 0 saturated carbocycles. The van der Waals surface area contributed by atoms with Gasteiger partial charge in [0, 0.05) is 45.3 Å². The Morgan fingerprint density at radius 2 is 0.844 bits per heavy atom. The summed E-state index contributed by atoms with van der Waals surface area (Å²) in [6.45, 7) is 0. The zero-order valence-corrected chi connectivity index (χ0v) is 24.3. The van der Waals surface area contributed by atoms with Gasteiger partial charge in [0.1, 0.15) is 0 Å². The van der Waals surface area contributed by atoms with Crippen LogP contribution in [0.5, 0.6) is 0 Å². The number of aromatic nitrogens is 4. The monoisotopic (exact) mass is 577 g/mol. The minimum absolute atomic E-state index is 0.971. The Balaban J connectivity index is 1.30. The Kier molecular flexibility index (Phi) is 5.74. The van der Waals surface area contributed by atoms with E-state index in [-0.39, 0.29) is 0 Å². The number of nitrogens with zero attached hydrogens (tertiary/aromatic N) is 5. The van der Waals surface area contributed by atoms with Gasteiger partial charge >= 0.3 is 0 Å². The van der Waals surface area contributed by atoms with Gasteiger partial charge in [-0.05, 0) is 65.4 Å². The molecule has 9 aromatic rings. The fourth-order valence-electron chi connectivity index (χ4n) is 6.38. The van der Waals surface area contributed by atoms with Crippen LogP contribution in [0.15, 0.2) is 164 Å². The summed E-state index contributed by atoms with van der Waals surface area (Å²) >= 11 is 0. The summed E-state index contributed by atoms with van der Waals surface area (Å²) in [7, 11) is 0. The number of rotatable bonds is 5. The third kappa shape index (κ3) is 4.33. The molecule has 212 valence electrons. The number of fused-ring (bicyclic) bond motifs is 4. The van der Waals surface area contributed by atoms with Crippen LogP contribution in [0.2, 0.25) is 0 Å². The summed E-state index contributed by atoms with van der Waals surface area (Å²) in [5.74, 6) is 0. The highest BCUT2D eigenvalue weighted by atomic mass is 15.3. The van der Waals surface area contributed by atoms with Crippen molar-refractivity contribution in [3.63, 3.8) is 0 Å². The fourth-order valence-corrected chi connectivity index (χ4v) is 6.38. The standard InChI is InChI=1S/C40H27N5/c1-5-19-36-28(11-1)23-29-12-2-6-20-37(29)40(36)45(34-17-9-15-32(24-34)43-26-30-13-3-7-21-38(30)41-43)35-18-10-16-33(25-35)44-27-31-14-4-8-22-39(31)42-44/h1-27H. The molecule has 0 aliphatic rings. The highest BCUT2D eigenvalue weighted by Gasteiger charge is 2.20. The Morgan fingerprint density at radius 1 is 0.400 bits per heavy atom. The molecule has 0 fully saturated rings. The first-order chi connectivity index (χ1) is 22.3. The van der Waals surface area contributed by atoms with Gasteiger partial charge in [0.05, 0.1) is 28.1 Å². The molecule has 0 atom stereocenters. The van der Waals surface area contributed by atoms with E-state index in [2.05, 4.69) is 145 Å². The predicted octanol–water partition coefficient (Wildman–Crippen LogP) is 10.1. The van der Waals surface area contributed by atoms with Crippen molar-refractivity contribution in [2.24, 2.45) is 0 Å². The molecule has 5 heteroatoms. The van der Waals surface area contributed by atoms with Gasteiger partial charge in [0.2, 0.25) is 0 Å². The second-order valence-corrected chi connectivity index (χ2v) is 11.3. The second kappa shape index (κ2) is 10.2. The minimum Gasteiger partial charge on any atom is -0.309 e. The third-order valence-corrected chi connectivity index (χ3v) is 8.50. The lowest BCUT2D eigenvalue weighted by Crippen LogP contribution is -2.12. The maximum atomic E-state index is 4.89. The van der Waals surface area contributed by atoms with Gasteiger partial charge in [-0.3, -0.25) is 0 Å². The summed E-state index contributed by atoms with van der Waals surface area (Å²) in [6.07, 6.45) is 4.18. The van der Waals surface area contributed by atoms with Gasteiger partial charge in [0.25, 0.3) is 0 Å². The second-order valence-electron chi connectivity index (χ2n) is 11.3. The molecule has 45 heavy (non-hydrogen) atoms. The smallest absolute Gasteiger partial charge is 0.0927 e. The molecule has 7 aromatic carbocycles. The summed E-state index contributed by atoms with van der Waals surface area (Å²) in [5, 5.41) is 16.8. The molecule has 0 unspecified atom stereocenters. The topological polar surface area (TPSA) is 38.9 Å². The van der Waals surface area contributed by atoms with Crippen molar-refractivity contribution >= 4 is 60.4 Å². The molecule has 0 N–H and O–H groups in total. The van der Waals surface area contributed by atoms with Crippen LogP contribution in [0.1, 0.15) is 0 Å². The van der Waals surface area contributed by atoms with Crippen LogP contribution in [0, 0.1) is 0 Å². The normalized spacial score (nSPS) is 11.6. The Labute approximate surface area is 259 Å². The molecule has 2 heterocycles. The molecule has 0 radical (unpaired) electrons. The van der Waals surface area contributed by atoms with E-state index in [1.807, 2.05) is 33.6 Å². The van der Waals surface area contributed by atoms with Gasteiger partial charge in [-0.25, -0.2) is 9.36 Å². The highest BCUT2D eigenvalue weighted by molar-refractivity contribution is 6.14. The first kappa shape index (κ1) is 25.3. The summed E-state index contributed by atoms with van der Waals surface area (Å²) in [6, 6.07) is 53.3. The van der Waals surface area contributed by atoms with E-state index >= 15 is 0 Å². The van der Waals surface area contributed by atoms with Crippen LogP contribution in [-0.4, -0.2) is 19.6 Å². The molecule has 0 bridgehead atoms. The van der Waals surface area contributed by atoms with Gasteiger partial charge in [-0.2, -0.15) is 10.2 Å². The van der Waals surface area contributed by atoms with Crippen molar-refractivity contribution in [2.45, 2.75) is 0 Å². The zero-order valence-electron chi connectivity index (χ0n) is 24.3. The number of hydrogen-bond donors (Lipinski definition) is 0. The molecule has 0 saturated heterocycles.